The number of rotatable bonds is 1. The lowest BCUT2D eigenvalue weighted by Crippen LogP contribution is -2.17. The van der Waals surface area contributed by atoms with Crippen LogP contribution in [0.2, 0.25) is 5.02 Å². The van der Waals surface area contributed by atoms with Crippen molar-refractivity contribution in [3.05, 3.63) is 43.9 Å². The smallest absolute Gasteiger partial charge is 0.268 e. The third kappa shape index (κ3) is 1.77. The lowest BCUT2D eigenvalue weighted by atomic mass is 10.4. The van der Waals surface area contributed by atoms with Crippen molar-refractivity contribution in [3.63, 3.8) is 0 Å². The quantitative estimate of drug-likeness (QED) is 0.809. The van der Waals surface area contributed by atoms with Crippen molar-refractivity contribution < 1.29 is 4.39 Å². The molecule has 15 heavy (non-hydrogen) atoms. The van der Waals surface area contributed by atoms with Crippen molar-refractivity contribution in [2.75, 3.05) is 0 Å². The van der Waals surface area contributed by atoms with Gasteiger partial charge in [0, 0.05) is 6.20 Å². The van der Waals surface area contributed by atoms with Gasteiger partial charge < -0.3 is 0 Å². The minimum Gasteiger partial charge on any atom is -0.268 e. The Labute approximate surface area is 97.6 Å². The Morgan fingerprint density at radius 1 is 1.53 bits per heavy atom. The number of fused-ring (bicyclic) bond motifs is 1. The van der Waals surface area contributed by atoms with Gasteiger partial charge in [-0.15, -0.1) is 0 Å². The van der Waals surface area contributed by atoms with E-state index in [1.165, 1.54) is 10.6 Å². The summed E-state index contributed by atoms with van der Waals surface area (Å²) in [7, 11) is 0. The average molecular weight is 292 g/mol. The normalized spacial score (nSPS) is 10.9. The van der Waals surface area contributed by atoms with E-state index in [9.17, 15) is 9.18 Å². The first-order valence-electron chi connectivity index (χ1n) is 4.05. The number of halogens is 3. The fourth-order valence-electron chi connectivity index (χ4n) is 1.23. The Kier molecular flexibility index (Phi) is 2.75. The van der Waals surface area contributed by atoms with Crippen LogP contribution in [-0.2, 0) is 6.67 Å². The van der Waals surface area contributed by atoms with Gasteiger partial charge >= 0.3 is 0 Å². The number of alkyl halides is 1. The lowest BCUT2D eigenvalue weighted by Gasteiger charge is -2.04. The minimum atomic E-state index is -0.783. The third-order valence-corrected chi connectivity index (χ3v) is 2.95. The molecule has 0 atom stereocenters. The van der Waals surface area contributed by atoms with Crippen molar-refractivity contribution in [2.24, 2.45) is 0 Å². The van der Waals surface area contributed by atoms with E-state index >= 15 is 0 Å². The Balaban J connectivity index is 2.91. The standard InChI is InChI=1S/C9H5BrClFN2O/c10-8-6(3-12)13-7-2-1-5(11)4-14(7)9(8)15/h1-2,4H,3H2. The highest BCUT2D eigenvalue weighted by molar-refractivity contribution is 9.10. The van der Waals surface area contributed by atoms with Gasteiger partial charge in [-0.2, -0.15) is 0 Å². The molecule has 0 aliphatic heterocycles. The molecule has 2 heterocycles. The van der Waals surface area contributed by atoms with E-state index in [0.29, 0.717) is 10.7 Å². The molecule has 0 aliphatic rings. The Hall–Kier alpha value is -0.940. The van der Waals surface area contributed by atoms with Gasteiger partial charge in [-0.25, -0.2) is 9.37 Å². The third-order valence-electron chi connectivity index (χ3n) is 1.93. The molecule has 0 saturated heterocycles. The molecule has 0 unspecified atom stereocenters. The minimum absolute atomic E-state index is 0.0994. The van der Waals surface area contributed by atoms with Crippen molar-refractivity contribution in [2.45, 2.75) is 6.67 Å². The number of aromatic nitrogens is 2. The summed E-state index contributed by atoms with van der Waals surface area (Å²) < 4.78 is 13.9. The Morgan fingerprint density at radius 3 is 2.93 bits per heavy atom. The molecule has 2 aromatic rings. The van der Waals surface area contributed by atoms with E-state index in [-0.39, 0.29) is 15.7 Å². The topological polar surface area (TPSA) is 34.4 Å². The maximum absolute atomic E-state index is 12.5. The zero-order valence-electron chi connectivity index (χ0n) is 7.38. The summed E-state index contributed by atoms with van der Waals surface area (Å²) in [5.74, 6) is 0. The first kappa shape index (κ1) is 10.6. The molecule has 6 heteroatoms. The monoisotopic (exact) mass is 290 g/mol. The molecule has 0 bridgehead atoms. The molecule has 3 nitrogen and oxygen atoms in total. The van der Waals surface area contributed by atoms with Gasteiger partial charge in [-0.05, 0) is 28.1 Å². The average Bonchev–Trinajstić information content (AvgIpc) is 2.24. The second kappa shape index (κ2) is 3.90. The van der Waals surface area contributed by atoms with Crippen molar-refractivity contribution >= 4 is 33.2 Å². The van der Waals surface area contributed by atoms with E-state index in [1.54, 1.807) is 12.1 Å². The van der Waals surface area contributed by atoms with Crippen LogP contribution in [0, 0.1) is 0 Å². The number of pyridine rings is 1. The molecule has 0 radical (unpaired) electrons. The van der Waals surface area contributed by atoms with Crippen LogP contribution in [0.15, 0.2) is 27.6 Å². The summed E-state index contributed by atoms with van der Waals surface area (Å²) in [5, 5.41) is 0.422. The van der Waals surface area contributed by atoms with Crippen LogP contribution >= 0.6 is 27.5 Å². The largest absolute Gasteiger partial charge is 0.272 e. The van der Waals surface area contributed by atoms with Crippen LogP contribution in [0.25, 0.3) is 5.65 Å². The fraction of sp³-hybridized carbons (Fsp3) is 0.111. The molecule has 0 aromatic carbocycles. The second-order valence-electron chi connectivity index (χ2n) is 2.89. The van der Waals surface area contributed by atoms with E-state index in [0.717, 1.165) is 0 Å². The van der Waals surface area contributed by atoms with E-state index in [1.807, 2.05) is 0 Å². The van der Waals surface area contributed by atoms with Crippen molar-refractivity contribution in [1.82, 2.24) is 9.38 Å². The van der Waals surface area contributed by atoms with E-state index in [4.69, 9.17) is 11.6 Å². The maximum Gasteiger partial charge on any atom is 0.272 e. The molecule has 0 spiro atoms. The predicted octanol–water partition coefficient (Wildman–Crippen LogP) is 2.58. The molecule has 0 saturated carbocycles. The van der Waals surface area contributed by atoms with Gasteiger partial charge in [0.1, 0.15) is 16.8 Å². The number of hydrogen-bond donors (Lipinski definition) is 0. The molecular formula is C9H5BrClFN2O. The van der Waals surface area contributed by atoms with Gasteiger partial charge in [0.05, 0.1) is 10.7 Å². The van der Waals surface area contributed by atoms with Crippen LogP contribution in [0.4, 0.5) is 4.39 Å². The Morgan fingerprint density at radius 2 is 2.27 bits per heavy atom. The van der Waals surface area contributed by atoms with Crippen molar-refractivity contribution in [3.8, 4) is 0 Å². The predicted molar refractivity (Wildman–Crippen MR) is 59.0 cm³/mol. The van der Waals surface area contributed by atoms with Crippen LogP contribution in [0.5, 0.6) is 0 Å². The summed E-state index contributed by atoms with van der Waals surface area (Å²) in [6, 6.07) is 3.16. The number of nitrogens with zero attached hydrogens (tertiary/aromatic N) is 2. The summed E-state index contributed by atoms with van der Waals surface area (Å²) >= 11 is 8.75. The highest BCUT2D eigenvalue weighted by Crippen LogP contribution is 2.14. The first-order chi connectivity index (χ1) is 7.13. The summed E-state index contributed by atoms with van der Waals surface area (Å²) in [6.45, 7) is -0.783. The molecule has 0 aliphatic carbocycles. The summed E-state index contributed by atoms with van der Waals surface area (Å²) in [4.78, 5) is 15.7. The highest BCUT2D eigenvalue weighted by atomic mass is 79.9. The summed E-state index contributed by atoms with van der Waals surface area (Å²) in [5.41, 5.74) is 0.109. The molecule has 0 N–H and O–H groups in total. The molecule has 2 aromatic heterocycles. The molecule has 2 rings (SSSR count). The number of hydrogen-bond acceptors (Lipinski definition) is 2. The SMILES string of the molecule is O=c1c(Br)c(CF)nc2ccc(Cl)cn12. The van der Waals surface area contributed by atoms with Gasteiger partial charge in [-0.1, -0.05) is 11.6 Å². The summed E-state index contributed by atoms with van der Waals surface area (Å²) in [6.07, 6.45) is 1.44. The van der Waals surface area contributed by atoms with Gasteiger partial charge in [0.2, 0.25) is 0 Å². The zero-order valence-corrected chi connectivity index (χ0v) is 9.72. The first-order valence-corrected chi connectivity index (χ1v) is 5.23. The van der Waals surface area contributed by atoms with Crippen LogP contribution in [0.1, 0.15) is 5.69 Å². The molecule has 78 valence electrons. The highest BCUT2D eigenvalue weighted by Gasteiger charge is 2.09. The Bertz CT molecular complexity index is 584. The molecular weight excluding hydrogens is 286 g/mol. The maximum atomic E-state index is 12.5. The van der Waals surface area contributed by atoms with Crippen molar-refractivity contribution in [1.29, 1.82) is 0 Å². The van der Waals surface area contributed by atoms with E-state index < -0.39 is 6.67 Å². The lowest BCUT2D eigenvalue weighted by molar-refractivity contribution is 0.474. The zero-order chi connectivity index (χ0) is 11.0. The van der Waals surface area contributed by atoms with Gasteiger partial charge in [0.25, 0.3) is 5.56 Å². The van der Waals surface area contributed by atoms with E-state index in [2.05, 4.69) is 20.9 Å². The molecule has 0 fully saturated rings. The van der Waals surface area contributed by atoms with Gasteiger partial charge in [0.15, 0.2) is 0 Å². The molecule has 0 amide bonds. The van der Waals surface area contributed by atoms with Crippen LogP contribution in [0.3, 0.4) is 0 Å². The second-order valence-corrected chi connectivity index (χ2v) is 4.12. The fourth-order valence-corrected chi connectivity index (χ4v) is 1.77. The van der Waals surface area contributed by atoms with Crippen LogP contribution in [-0.4, -0.2) is 9.38 Å². The van der Waals surface area contributed by atoms with Crippen LogP contribution < -0.4 is 5.56 Å². The van der Waals surface area contributed by atoms with Gasteiger partial charge in [-0.3, -0.25) is 9.20 Å².